The molecule has 0 saturated heterocycles. The largest absolute Gasteiger partial charge is 0.342 e. The van der Waals surface area contributed by atoms with E-state index in [1.807, 2.05) is 13.8 Å². The van der Waals surface area contributed by atoms with Gasteiger partial charge in [-0.2, -0.15) is 5.10 Å². The summed E-state index contributed by atoms with van der Waals surface area (Å²) in [5.74, 6) is 5.99. The van der Waals surface area contributed by atoms with E-state index in [0.717, 1.165) is 41.8 Å². The van der Waals surface area contributed by atoms with E-state index in [0.29, 0.717) is 30.0 Å². The topological polar surface area (TPSA) is 100 Å². The Balaban J connectivity index is 1.81. The lowest BCUT2D eigenvalue weighted by atomic mass is 9.95. The maximum Gasteiger partial charge on any atom is 0.290 e. The average molecular weight is 455 g/mol. The number of benzene rings is 1. The highest BCUT2D eigenvalue weighted by molar-refractivity contribution is 7.16. The normalized spacial score (nSPS) is 13.0. The van der Waals surface area contributed by atoms with E-state index in [2.05, 4.69) is 10.4 Å². The van der Waals surface area contributed by atoms with Crippen LogP contribution in [0.5, 0.6) is 0 Å². The van der Waals surface area contributed by atoms with E-state index in [4.69, 9.17) is 11.3 Å². The van der Waals surface area contributed by atoms with Crippen LogP contribution in [0.1, 0.15) is 42.7 Å². The quantitative estimate of drug-likeness (QED) is 0.223. The second kappa shape index (κ2) is 9.22. The van der Waals surface area contributed by atoms with Crippen LogP contribution in [0, 0.1) is 11.2 Å². The van der Waals surface area contributed by atoms with Crippen LogP contribution in [0.4, 0.5) is 15.1 Å². The molecule has 0 radical (unpaired) electrons. The smallest absolute Gasteiger partial charge is 0.290 e. The lowest BCUT2D eigenvalue weighted by Crippen LogP contribution is -2.37. The van der Waals surface area contributed by atoms with Crippen molar-refractivity contribution in [1.29, 1.82) is 5.41 Å². The predicted octanol–water partition coefficient (Wildman–Crippen LogP) is 4.27. The second-order valence-corrected chi connectivity index (χ2v) is 8.85. The van der Waals surface area contributed by atoms with Gasteiger partial charge in [0.15, 0.2) is 0 Å². The van der Waals surface area contributed by atoms with Crippen LogP contribution in [0.25, 0.3) is 11.3 Å². The van der Waals surface area contributed by atoms with Crippen molar-refractivity contribution >= 4 is 27.9 Å². The van der Waals surface area contributed by atoms with Crippen LogP contribution < -0.4 is 16.7 Å². The van der Waals surface area contributed by atoms with Crippen molar-refractivity contribution in [2.24, 2.45) is 5.84 Å². The zero-order chi connectivity index (χ0) is 22.8. The van der Waals surface area contributed by atoms with Crippen LogP contribution in [-0.4, -0.2) is 27.2 Å². The molecule has 3 aromatic rings. The van der Waals surface area contributed by atoms with Gasteiger partial charge in [0.2, 0.25) is 0 Å². The molecule has 0 atom stereocenters. The van der Waals surface area contributed by atoms with Crippen molar-refractivity contribution in [2.75, 3.05) is 11.9 Å². The van der Waals surface area contributed by atoms with Gasteiger partial charge in [0.1, 0.15) is 22.3 Å². The molecular formula is C23H27FN6OS. The second-order valence-electron chi connectivity index (χ2n) is 7.75. The number of thiophene rings is 1. The third-order valence-electron chi connectivity index (χ3n) is 5.70. The molecule has 1 aliphatic rings. The van der Waals surface area contributed by atoms with Gasteiger partial charge in [-0.15, -0.1) is 11.3 Å². The minimum absolute atomic E-state index is 0.248. The summed E-state index contributed by atoms with van der Waals surface area (Å²) in [6.07, 6.45) is 4.06. The molecule has 168 valence electrons. The van der Waals surface area contributed by atoms with Crippen molar-refractivity contribution < 1.29 is 4.39 Å². The van der Waals surface area contributed by atoms with Gasteiger partial charge in [0.05, 0.1) is 11.3 Å². The SMILES string of the molecule is CCN(N)C(=N)c1c(Nc2cc(-c3ccc(F)cc3)nn(CC)c2=O)sc2c1CCCC2. The Morgan fingerprint density at radius 1 is 1.28 bits per heavy atom. The van der Waals surface area contributed by atoms with Crippen molar-refractivity contribution in [1.82, 2.24) is 14.8 Å². The third-order valence-corrected chi connectivity index (χ3v) is 6.91. The summed E-state index contributed by atoms with van der Waals surface area (Å²) in [6, 6.07) is 7.72. The van der Waals surface area contributed by atoms with Crippen molar-refractivity contribution in [3.63, 3.8) is 0 Å². The zero-order valence-corrected chi connectivity index (χ0v) is 19.1. The van der Waals surface area contributed by atoms with Gasteiger partial charge in [-0.25, -0.2) is 14.9 Å². The number of hydrogen-bond acceptors (Lipinski definition) is 6. The Bertz CT molecular complexity index is 1200. The fraction of sp³-hybridized carbons (Fsp3) is 0.348. The average Bonchev–Trinajstić information content (AvgIpc) is 3.17. The van der Waals surface area contributed by atoms with Crippen molar-refractivity contribution in [3.05, 3.63) is 62.5 Å². The van der Waals surface area contributed by atoms with Gasteiger partial charge in [-0.1, -0.05) is 0 Å². The van der Waals surface area contributed by atoms with E-state index in [-0.39, 0.29) is 17.2 Å². The molecule has 0 fully saturated rings. The molecule has 9 heteroatoms. The molecule has 0 saturated carbocycles. The lowest BCUT2D eigenvalue weighted by molar-refractivity contribution is 0.463. The Kier molecular flexibility index (Phi) is 6.38. The number of nitrogens with one attached hydrogen (secondary N) is 2. The zero-order valence-electron chi connectivity index (χ0n) is 18.2. The number of nitrogens with two attached hydrogens (primary N) is 1. The molecule has 0 unspecified atom stereocenters. The fourth-order valence-corrected chi connectivity index (χ4v) is 5.24. The molecule has 32 heavy (non-hydrogen) atoms. The molecule has 4 rings (SSSR count). The molecule has 2 aromatic heterocycles. The monoisotopic (exact) mass is 454 g/mol. The number of amidine groups is 1. The summed E-state index contributed by atoms with van der Waals surface area (Å²) in [5, 5.41) is 18.6. The van der Waals surface area contributed by atoms with Crippen molar-refractivity contribution in [3.8, 4) is 11.3 Å². The molecule has 4 N–H and O–H groups in total. The van der Waals surface area contributed by atoms with Gasteiger partial charge in [0.25, 0.3) is 5.56 Å². The van der Waals surface area contributed by atoms with Gasteiger partial charge in [-0.3, -0.25) is 15.2 Å². The number of fused-ring (bicyclic) bond motifs is 1. The highest BCUT2D eigenvalue weighted by Gasteiger charge is 2.26. The van der Waals surface area contributed by atoms with Gasteiger partial charge in [0, 0.05) is 23.5 Å². The predicted molar refractivity (Wildman–Crippen MR) is 127 cm³/mol. The first-order valence-corrected chi connectivity index (χ1v) is 11.6. The number of rotatable bonds is 6. The van der Waals surface area contributed by atoms with E-state index >= 15 is 0 Å². The first-order chi connectivity index (χ1) is 15.4. The number of aryl methyl sites for hydroxylation is 2. The van der Waals surface area contributed by atoms with E-state index < -0.39 is 0 Å². The Labute approximate surface area is 190 Å². The van der Waals surface area contributed by atoms with E-state index in [1.54, 1.807) is 29.5 Å². The fourth-order valence-electron chi connectivity index (χ4n) is 3.94. The molecule has 0 spiro atoms. The van der Waals surface area contributed by atoms with Gasteiger partial charge < -0.3 is 5.32 Å². The summed E-state index contributed by atoms with van der Waals surface area (Å²) >= 11 is 1.59. The molecule has 2 heterocycles. The van der Waals surface area contributed by atoms with Crippen LogP contribution in [0.15, 0.2) is 35.1 Å². The number of anilines is 2. The molecule has 0 amide bonds. The first kappa shape index (κ1) is 22.2. The summed E-state index contributed by atoms with van der Waals surface area (Å²) < 4.78 is 14.8. The number of halogens is 1. The van der Waals surface area contributed by atoms with Crippen LogP contribution in [0.2, 0.25) is 0 Å². The number of aromatic nitrogens is 2. The summed E-state index contributed by atoms with van der Waals surface area (Å²) in [5.41, 5.74) is 3.34. The molecule has 7 nitrogen and oxygen atoms in total. The van der Waals surface area contributed by atoms with Crippen LogP contribution in [0.3, 0.4) is 0 Å². The maximum atomic E-state index is 13.4. The minimum Gasteiger partial charge on any atom is -0.342 e. The number of hydrazine groups is 1. The van der Waals surface area contributed by atoms with Crippen molar-refractivity contribution in [2.45, 2.75) is 46.1 Å². The highest BCUT2D eigenvalue weighted by Crippen LogP contribution is 2.39. The van der Waals surface area contributed by atoms with Gasteiger partial charge >= 0.3 is 0 Å². The summed E-state index contributed by atoms with van der Waals surface area (Å²) in [7, 11) is 0. The number of nitrogens with zero attached hydrogens (tertiary/aromatic N) is 3. The first-order valence-electron chi connectivity index (χ1n) is 10.8. The molecule has 0 bridgehead atoms. The third kappa shape index (κ3) is 4.18. The molecular weight excluding hydrogens is 427 g/mol. The molecule has 1 aromatic carbocycles. The molecule has 0 aliphatic heterocycles. The van der Waals surface area contributed by atoms with Crippen LogP contribution >= 0.6 is 11.3 Å². The van der Waals surface area contributed by atoms with E-state index in [9.17, 15) is 9.18 Å². The minimum atomic E-state index is -0.328. The summed E-state index contributed by atoms with van der Waals surface area (Å²) in [6.45, 7) is 4.66. The maximum absolute atomic E-state index is 13.4. The Hall–Kier alpha value is -3.04. The Morgan fingerprint density at radius 2 is 2.00 bits per heavy atom. The standard InChI is InChI=1S/C23H27FN6OS/c1-3-29(26)21(25)20-16-7-5-6-8-19(16)32-22(20)27-18-13-17(28-30(4-2)23(18)31)14-9-11-15(24)12-10-14/h9-13,25,27H,3-8,26H2,1-2H3. The van der Waals surface area contributed by atoms with E-state index in [1.165, 1.54) is 26.7 Å². The Morgan fingerprint density at radius 3 is 2.69 bits per heavy atom. The molecule has 1 aliphatic carbocycles. The number of hydrogen-bond donors (Lipinski definition) is 3. The van der Waals surface area contributed by atoms with Gasteiger partial charge in [-0.05, 0) is 75.4 Å². The van der Waals surface area contributed by atoms with Crippen LogP contribution in [-0.2, 0) is 19.4 Å². The highest BCUT2D eigenvalue weighted by atomic mass is 32.1. The lowest BCUT2D eigenvalue weighted by Gasteiger charge is -2.20. The summed E-state index contributed by atoms with van der Waals surface area (Å²) in [4.78, 5) is 14.3.